The molecule has 0 radical (unpaired) electrons. The molecule has 0 aliphatic carbocycles. The van der Waals surface area contributed by atoms with Gasteiger partial charge in [-0.25, -0.2) is 4.79 Å². The second-order valence-corrected chi connectivity index (χ2v) is 7.97. The fourth-order valence-electron chi connectivity index (χ4n) is 4.47. The summed E-state index contributed by atoms with van der Waals surface area (Å²) in [6.45, 7) is 2.13. The van der Waals surface area contributed by atoms with E-state index in [-0.39, 0.29) is 12.1 Å². The van der Waals surface area contributed by atoms with Crippen molar-refractivity contribution in [2.75, 3.05) is 39.2 Å². The Hall–Kier alpha value is -3.58. The molecule has 0 fully saturated rings. The average molecular weight is 447 g/mol. The Morgan fingerprint density at radius 2 is 1.76 bits per heavy atom. The van der Waals surface area contributed by atoms with Crippen LogP contribution in [0.15, 0.2) is 67.0 Å². The van der Waals surface area contributed by atoms with Crippen LogP contribution in [0.3, 0.4) is 0 Å². The Balaban J connectivity index is 1.51. The molecule has 0 spiro atoms. The summed E-state index contributed by atoms with van der Waals surface area (Å²) in [7, 11) is 3.43. The molecular weight excluding hydrogens is 416 g/mol. The van der Waals surface area contributed by atoms with Gasteiger partial charge in [-0.2, -0.15) is 0 Å². The molecule has 2 aromatic carbocycles. The Morgan fingerprint density at radius 3 is 2.48 bits per heavy atom. The van der Waals surface area contributed by atoms with E-state index in [1.54, 1.807) is 38.7 Å². The molecule has 1 aromatic heterocycles. The fourth-order valence-corrected chi connectivity index (χ4v) is 4.47. The molecule has 1 aliphatic heterocycles. The number of fused-ring (bicyclic) bond motifs is 1. The van der Waals surface area contributed by atoms with Crippen molar-refractivity contribution in [1.29, 1.82) is 0 Å². The van der Waals surface area contributed by atoms with Crippen LogP contribution in [0.25, 0.3) is 0 Å². The summed E-state index contributed by atoms with van der Waals surface area (Å²) >= 11 is 0. The fraction of sp³-hybridized carbons (Fsp3) is 0.308. The van der Waals surface area contributed by atoms with E-state index in [9.17, 15) is 4.79 Å². The van der Waals surface area contributed by atoms with Crippen LogP contribution in [0, 0.1) is 0 Å². The zero-order chi connectivity index (χ0) is 23.0. The molecule has 0 bridgehead atoms. The minimum absolute atomic E-state index is 0.117. The number of hydrogen-bond acceptors (Lipinski definition) is 5. The third kappa shape index (κ3) is 5.43. The van der Waals surface area contributed by atoms with Crippen molar-refractivity contribution in [2.45, 2.75) is 18.9 Å². The Morgan fingerprint density at radius 1 is 1.03 bits per heavy atom. The first-order valence-corrected chi connectivity index (χ1v) is 11.2. The molecule has 7 nitrogen and oxygen atoms in total. The zero-order valence-corrected chi connectivity index (χ0v) is 19.1. The van der Waals surface area contributed by atoms with Crippen molar-refractivity contribution in [2.24, 2.45) is 0 Å². The summed E-state index contributed by atoms with van der Waals surface area (Å²) < 4.78 is 11.4. The molecule has 2 heterocycles. The minimum atomic E-state index is -0.225. The van der Waals surface area contributed by atoms with Gasteiger partial charge < -0.3 is 20.1 Å². The highest BCUT2D eigenvalue weighted by Crippen LogP contribution is 2.42. The molecule has 0 saturated carbocycles. The van der Waals surface area contributed by atoms with Gasteiger partial charge in [0.1, 0.15) is 11.5 Å². The number of anilines is 1. The first-order valence-electron chi connectivity index (χ1n) is 11.2. The van der Waals surface area contributed by atoms with Crippen LogP contribution in [0.4, 0.5) is 10.5 Å². The molecule has 1 unspecified atom stereocenters. The smallest absolute Gasteiger partial charge is 0.319 e. The summed E-state index contributed by atoms with van der Waals surface area (Å²) in [5.74, 6) is 1.78. The second-order valence-electron chi connectivity index (χ2n) is 7.97. The number of hydrogen-bond donors (Lipinski definition) is 2. The van der Waals surface area contributed by atoms with Crippen molar-refractivity contribution in [3.63, 3.8) is 0 Å². The zero-order valence-electron chi connectivity index (χ0n) is 19.1. The maximum absolute atomic E-state index is 12.3. The summed E-state index contributed by atoms with van der Waals surface area (Å²) in [5, 5.41) is 5.80. The molecule has 33 heavy (non-hydrogen) atoms. The first kappa shape index (κ1) is 22.6. The number of carbonyl (C=O) groups is 1. The predicted octanol–water partition coefficient (Wildman–Crippen LogP) is 4.06. The van der Waals surface area contributed by atoms with Gasteiger partial charge in [0.15, 0.2) is 0 Å². The van der Waals surface area contributed by atoms with Gasteiger partial charge in [0.25, 0.3) is 0 Å². The highest BCUT2D eigenvalue weighted by molar-refractivity contribution is 5.89. The number of urea groups is 1. The number of amides is 2. The lowest BCUT2D eigenvalue weighted by Gasteiger charge is -2.39. The third-order valence-electron chi connectivity index (χ3n) is 6.03. The van der Waals surface area contributed by atoms with Crippen molar-refractivity contribution >= 4 is 11.7 Å². The highest BCUT2D eigenvalue weighted by Gasteiger charge is 2.32. The van der Waals surface area contributed by atoms with E-state index >= 15 is 0 Å². The molecule has 1 atom stereocenters. The van der Waals surface area contributed by atoms with E-state index in [1.165, 1.54) is 16.7 Å². The molecule has 172 valence electrons. The molecule has 2 N–H and O–H groups in total. The first-order chi connectivity index (χ1) is 16.2. The lowest BCUT2D eigenvalue weighted by Crippen LogP contribution is -2.42. The van der Waals surface area contributed by atoms with Crippen LogP contribution >= 0.6 is 0 Å². The Kier molecular flexibility index (Phi) is 7.42. The van der Waals surface area contributed by atoms with Gasteiger partial charge in [-0.15, -0.1) is 0 Å². The monoisotopic (exact) mass is 446 g/mol. The summed E-state index contributed by atoms with van der Waals surface area (Å²) in [6.07, 6.45) is 5.01. The van der Waals surface area contributed by atoms with Gasteiger partial charge in [0.05, 0.1) is 14.2 Å². The van der Waals surface area contributed by atoms with E-state index in [0.29, 0.717) is 12.2 Å². The number of aromatic nitrogens is 1. The number of nitrogens with one attached hydrogen (secondary N) is 2. The highest BCUT2D eigenvalue weighted by atomic mass is 16.5. The molecule has 0 saturated heterocycles. The molecule has 2 amide bonds. The number of ether oxygens (including phenoxy) is 2. The maximum Gasteiger partial charge on any atom is 0.319 e. The van der Waals surface area contributed by atoms with Gasteiger partial charge in [0, 0.05) is 54.9 Å². The van der Waals surface area contributed by atoms with Crippen LogP contribution in [-0.4, -0.2) is 49.8 Å². The Labute approximate surface area is 194 Å². The SMILES string of the molecule is COc1ccc(OC)c2c1CCN(CCNC(=O)Nc1ccncc1)C2Cc1ccccc1. The lowest BCUT2D eigenvalue weighted by molar-refractivity contribution is 0.178. The van der Waals surface area contributed by atoms with Crippen LogP contribution in [-0.2, 0) is 12.8 Å². The number of nitrogens with zero attached hydrogens (tertiary/aromatic N) is 2. The molecule has 7 heteroatoms. The number of rotatable bonds is 8. The summed E-state index contributed by atoms with van der Waals surface area (Å²) in [5.41, 5.74) is 4.35. The molecular formula is C26H30N4O3. The number of benzene rings is 2. The predicted molar refractivity (Wildman–Crippen MR) is 129 cm³/mol. The lowest BCUT2D eigenvalue weighted by atomic mass is 9.87. The van der Waals surface area contributed by atoms with Crippen LogP contribution in [0.2, 0.25) is 0 Å². The largest absolute Gasteiger partial charge is 0.496 e. The van der Waals surface area contributed by atoms with Gasteiger partial charge in [-0.1, -0.05) is 30.3 Å². The summed E-state index contributed by atoms with van der Waals surface area (Å²) in [6, 6.07) is 17.9. The molecule has 1 aliphatic rings. The molecule has 4 rings (SSSR count). The Bertz CT molecular complexity index is 1060. The molecule has 3 aromatic rings. The van der Waals surface area contributed by atoms with Gasteiger partial charge >= 0.3 is 6.03 Å². The number of carbonyl (C=O) groups excluding carboxylic acids is 1. The average Bonchev–Trinajstić information content (AvgIpc) is 2.85. The third-order valence-corrected chi connectivity index (χ3v) is 6.03. The van der Waals surface area contributed by atoms with E-state index in [2.05, 4.69) is 44.8 Å². The van der Waals surface area contributed by atoms with Crippen molar-refractivity contribution < 1.29 is 14.3 Å². The van der Waals surface area contributed by atoms with Crippen LogP contribution in [0.1, 0.15) is 22.7 Å². The standard InChI is InChI=1S/C26H30N4O3/c1-32-23-8-9-24(33-2)25-21(23)12-16-30(22(25)18-19-6-4-3-5-7-19)17-15-28-26(31)29-20-10-13-27-14-11-20/h3-11,13-14,22H,12,15-18H2,1-2H3,(H2,27,28,29,31). The van der Waals surface area contributed by atoms with Crippen molar-refractivity contribution in [3.8, 4) is 11.5 Å². The van der Waals surface area contributed by atoms with Crippen LogP contribution in [0.5, 0.6) is 11.5 Å². The van der Waals surface area contributed by atoms with Crippen molar-refractivity contribution in [3.05, 3.63) is 83.7 Å². The normalized spacial score (nSPS) is 15.4. The maximum atomic E-state index is 12.3. The van der Waals surface area contributed by atoms with Gasteiger partial charge in [0.2, 0.25) is 0 Å². The van der Waals surface area contributed by atoms with E-state index in [4.69, 9.17) is 9.47 Å². The second kappa shape index (κ2) is 10.8. The van der Waals surface area contributed by atoms with E-state index in [0.717, 1.165) is 37.4 Å². The van der Waals surface area contributed by atoms with E-state index < -0.39 is 0 Å². The van der Waals surface area contributed by atoms with Gasteiger partial charge in [-0.3, -0.25) is 9.88 Å². The van der Waals surface area contributed by atoms with Crippen LogP contribution < -0.4 is 20.1 Å². The van der Waals surface area contributed by atoms with Gasteiger partial charge in [-0.05, 0) is 42.7 Å². The minimum Gasteiger partial charge on any atom is -0.496 e. The van der Waals surface area contributed by atoms with Crippen molar-refractivity contribution in [1.82, 2.24) is 15.2 Å². The number of pyridine rings is 1. The number of methoxy groups -OCH3 is 2. The quantitative estimate of drug-likeness (QED) is 0.546. The summed E-state index contributed by atoms with van der Waals surface area (Å²) in [4.78, 5) is 18.7. The van der Waals surface area contributed by atoms with E-state index in [1.807, 2.05) is 18.2 Å². The topological polar surface area (TPSA) is 75.7 Å².